The highest BCUT2D eigenvalue weighted by Crippen LogP contribution is 2.27. The average Bonchev–Trinajstić information content (AvgIpc) is 3.24. The van der Waals surface area contributed by atoms with E-state index in [4.69, 9.17) is 10.5 Å². The Morgan fingerprint density at radius 2 is 2.10 bits per heavy atom. The Morgan fingerprint density at radius 3 is 2.60 bits per heavy atom. The molecule has 5 heteroatoms. The lowest BCUT2D eigenvalue weighted by Gasteiger charge is -2.22. The maximum atomic E-state index is 12.3. The van der Waals surface area contributed by atoms with E-state index in [1.807, 2.05) is 36.1 Å². The van der Waals surface area contributed by atoms with Crippen LogP contribution in [0.15, 0.2) is 24.3 Å². The summed E-state index contributed by atoms with van der Waals surface area (Å²) in [5.41, 5.74) is 7.66. The average molecular weight is 277 g/mol. The first-order valence-electron chi connectivity index (χ1n) is 7.04. The zero-order valence-corrected chi connectivity index (χ0v) is 12.1. The van der Waals surface area contributed by atoms with E-state index in [1.54, 1.807) is 7.11 Å². The second kappa shape index (κ2) is 6.72. The molecule has 20 heavy (non-hydrogen) atoms. The topological polar surface area (TPSA) is 67.6 Å². The van der Waals surface area contributed by atoms with Crippen molar-refractivity contribution in [2.45, 2.75) is 31.8 Å². The highest BCUT2D eigenvalue weighted by molar-refractivity contribution is 5.89. The zero-order chi connectivity index (χ0) is 14.5. The summed E-state index contributed by atoms with van der Waals surface area (Å²) >= 11 is 0. The maximum absolute atomic E-state index is 12.3. The third-order valence-electron chi connectivity index (χ3n) is 3.47. The van der Waals surface area contributed by atoms with E-state index in [0.29, 0.717) is 19.2 Å². The number of nitrogens with zero attached hydrogens (tertiary/aromatic N) is 1. The number of nitrogens with one attached hydrogen (secondary N) is 1. The first kappa shape index (κ1) is 14.8. The predicted octanol–water partition coefficient (Wildman–Crippen LogP) is 2.35. The molecule has 0 aromatic heterocycles. The van der Waals surface area contributed by atoms with E-state index < -0.39 is 0 Å². The van der Waals surface area contributed by atoms with Crippen LogP contribution < -0.4 is 11.1 Å². The van der Waals surface area contributed by atoms with Crippen LogP contribution in [0.3, 0.4) is 0 Å². The summed E-state index contributed by atoms with van der Waals surface area (Å²) in [6.45, 7) is 3.13. The van der Waals surface area contributed by atoms with E-state index in [-0.39, 0.29) is 12.1 Å². The minimum atomic E-state index is -0.0573. The third kappa shape index (κ3) is 3.95. The standard InChI is InChI=1S/C15H23N3O2/c1-11(16)12-3-5-13(6-4-12)17-15(19)18(9-10-20-2)14-7-8-14/h3-6,11,14H,7-10,16H2,1-2H3,(H,17,19). The van der Waals surface area contributed by atoms with Crippen molar-refractivity contribution in [3.05, 3.63) is 29.8 Å². The van der Waals surface area contributed by atoms with Crippen LogP contribution in [0.5, 0.6) is 0 Å². The Hall–Kier alpha value is -1.59. The Labute approximate surface area is 120 Å². The third-order valence-corrected chi connectivity index (χ3v) is 3.47. The number of rotatable bonds is 6. The summed E-state index contributed by atoms with van der Waals surface area (Å²) in [4.78, 5) is 14.1. The van der Waals surface area contributed by atoms with E-state index in [0.717, 1.165) is 24.1 Å². The molecule has 1 aliphatic rings. The first-order chi connectivity index (χ1) is 9.61. The van der Waals surface area contributed by atoms with Gasteiger partial charge in [-0.15, -0.1) is 0 Å². The van der Waals surface area contributed by atoms with Crippen LogP contribution in [0.1, 0.15) is 31.4 Å². The summed E-state index contributed by atoms with van der Waals surface area (Å²) in [6, 6.07) is 7.97. The van der Waals surface area contributed by atoms with Gasteiger partial charge in [-0.05, 0) is 37.5 Å². The minimum absolute atomic E-state index is 0.00409. The molecule has 0 radical (unpaired) electrons. The van der Waals surface area contributed by atoms with Gasteiger partial charge in [0.25, 0.3) is 0 Å². The fourth-order valence-electron chi connectivity index (χ4n) is 2.09. The smallest absolute Gasteiger partial charge is 0.322 e. The van der Waals surface area contributed by atoms with Crippen molar-refractivity contribution in [2.24, 2.45) is 5.73 Å². The summed E-state index contributed by atoms with van der Waals surface area (Å²) in [6.07, 6.45) is 2.17. The van der Waals surface area contributed by atoms with Crippen LogP contribution in [-0.4, -0.2) is 37.2 Å². The SMILES string of the molecule is COCCN(C(=O)Nc1ccc(C(C)N)cc1)C1CC1. The van der Waals surface area contributed by atoms with Crippen LogP contribution in [0.25, 0.3) is 0 Å². The Kier molecular flexibility index (Phi) is 4.98. The highest BCUT2D eigenvalue weighted by atomic mass is 16.5. The molecule has 2 amide bonds. The molecule has 3 N–H and O–H groups in total. The molecule has 0 saturated heterocycles. The largest absolute Gasteiger partial charge is 0.383 e. The van der Waals surface area contributed by atoms with Gasteiger partial charge in [-0.1, -0.05) is 12.1 Å². The molecule has 0 heterocycles. The number of benzene rings is 1. The van der Waals surface area contributed by atoms with Crippen LogP contribution in [0.4, 0.5) is 10.5 Å². The monoisotopic (exact) mass is 277 g/mol. The molecule has 5 nitrogen and oxygen atoms in total. The van der Waals surface area contributed by atoms with Crippen molar-refractivity contribution in [1.29, 1.82) is 0 Å². The molecule has 1 aliphatic carbocycles. The number of ether oxygens (including phenoxy) is 1. The lowest BCUT2D eigenvalue weighted by molar-refractivity contribution is 0.152. The number of carbonyl (C=O) groups excluding carboxylic acids is 1. The predicted molar refractivity (Wildman–Crippen MR) is 79.7 cm³/mol. The summed E-state index contributed by atoms with van der Waals surface area (Å²) in [5, 5.41) is 2.93. The van der Waals surface area contributed by atoms with Gasteiger partial charge in [0.1, 0.15) is 0 Å². The van der Waals surface area contributed by atoms with Crippen molar-refractivity contribution in [1.82, 2.24) is 4.90 Å². The lowest BCUT2D eigenvalue weighted by Crippen LogP contribution is -2.39. The van der Waals surface area contributed by atoms with E-state index in [9.17, 15) is 4.79 Å². The molecule has 0 spiro atoms. The Balaban J connectivity index is 1.94. The van der Waals surface area contributed by atoms with E-state index >= 15 is 0 Å². The number of anilines is 1. The summed E-state index contributed by atoms with van der Waals surface area (Å²) in [7, 11) is 1.65. The number of hydrogen-bond donors (Lipinski definition) is 2. The summed E-state index contributed by atoms with van der Waals surface area (Å²) < 4.78 is 5.06. The van der Waals surface area contributed by atoms with Crippen LogP contribution in [0.2, 0.25) is 0 Å². The molecule has 2 rings (SSSR count). The van der Waals surface area contributed by atoms with Crippen molar-refractivity contribution in [3.8, 4) is 0 Å². The minimum Gasteiger partial charge on any atom is -0.383 e. The second-order valence-electron chi connectivity index (χ2n) is 5.26. The van der Waals surface area contributed by atoms with Gasteiger partial charge in [0.2, 0.25) is 0 Å². The van der Waals surface area contributed by atoms with Gasteiger partial charge in [0.15, 0.2) is 0 Å². The van der Waals surface area contributed by atoms with Crippen LogP contribution >= 0.6 is 0 Å². The van der Waals surface area contributed by atoms with Gasteiger partial charge in [-0.25, -0.2) is 4.79 Å². The fourth-order valence-corrected chi connectivity index (χ4v) is 2.09. The quantitative estimate of drug-likeness (QED) is 0.838. The van der Waals surface area contributed by atoms with Gasteiger partial charge in [0.05, 0.1) is 6.61 Å². The van der Waals surface area contributed by atoms with E-state index in [2.05, 4.69) is 5.32 Å². The molecule has 1 unspecified atom stereocenters. The molecule has 1 fully saturated rings. The number of methoxy groups -OCH3 is 1. The van der Waals surface area contributed by atoms with Gasteiger partial charge < -0.3 is 20.7 Å². The number of hydrogen-bond acceptors (Lipinski definition) is 3. The van der Waals surface area contributed by atoms with Gasteiger partial charge in [0, 0.05) is 31.4 Å². The molecule has 0 aliphatic heterocycles. The van der Waals surface area contributed by atoms with Crippen LogP contribution in [0, 0.1) is 0 Å². The zero-order valence-electron chi connectivity index (χ0n) is 12.1. The van der Waals surface area contributed by atoms with Crippen LogP contribution in [-0.2, 0) is 4.74 Å². The molecule has 1 aromatic rings. The van der Waals surface area contributed by atoms with Gasteiger partial charge >= 0.3 is 6.03 Å². The lowest BCUT2D eigenvalue weighted by atomic mass is 10.1. The van der Waals surface area contributed by atoms with Gasteiger partial charge in [-0.2, -0.15) is 0 Å². The first-order valence-corrected chi connectivity index (χ1v) is 7.04. The molecule has 110 valence electrons. The Bertz CT molecular complexity index is 441. The molecule has 1 atom stereocenters. The maximum Gasteiger partial charge on any atom is 0.322 e. The van der Waals surface area contributed by atoms with Crippen molar-refractivity contribution >= 4 is 11.7 Å². The fraction of sp³-hybridized carbons (Fsp3) is 0.533. The Morgan fingerprint density at radius 1 is 1.45 bits per heavy atom. The molecular weight excluding hydrogens is 254 g/mol. The normalized spacial score (nSPS) is 15.8. The van der Waals surface area contributed by atoms with Crippen molar-refractivity contribution < 1.29 is 9.53 Å². The second-order valence-corrected chi connectivity index (χ2v) is 5.26. The number of nitrogens with two attached hydrogens (primary N) is 1. The number of urea groups is 1. The highest BCUT2D eigenvalue weighted by Gasteiger charge is 2.32. The molecular formula is C15H23N3O2. The van der Waals surface area contributed by atoms with Gasteiger partial charge in [-0.3, -0.25) is 0 Å². The summed E-state index contributed by atoms with van der Waals surface area (Å²) in [5.74, 6) is 0. The van der Waals surface area contributed by atoms with E-state index in [1.165, 1.54) is 0 Å². The number of amides is 2. The van der Waals surface area contributed by atoms with Crippen molar-refractivity contribution in [2.75, 3.05) is 25.6 Å². The number of carbonyl (C=O) groups is 1. The molecule has 0 bridgehead atoms. The molecule has 1 saturated carbocycles. The van der Waals surface area contributed by atoms with Crippen molar-refractivity contribution in [3.63, 3.8) is 0 Å². The molecule has 1 aromatic carbocycles.